The van der Waals surface area contributed by atoms with Crippen LogP contribution in [0.1, 0.15) is 10.4 Å². The summed E-state index contributed by atoms with van der Waals surface area (Å²) >= 11 is 5.55. The smallest absolute Gasteiger partial charge is 0.254 e. The number of carbonyl (C=O) groups excluding carboxylic acids is 1. The van der Waals surface area contributed by atoms with Gasteiger partial charge in [-0.15, -0.1) is 11.6 Å². The van der Waals surface area contributed by atoms with Gasteiger partial charge < -0.3 is 10.1 Å². The fourth-order valence-corrected chi connectivity index (χ4v) is 1.46. The van der Waals surface area contributed by atoms with E-state index in [1.165, 1.54) is 7.11 Å². The Labute approximate surface area is 107 Å². The van der Waals surface area contributed by atoms with Gasteiger partial charge in [0.15, 0.2) is 17.5 Å². The number of ether oxygens (including phenoxy) is 1. The minimum Gasteiger partial charge on any atom is -0.383 e. The van der Waals surface area contributed by atoms with Crippen molar-refractivity contribution in [2.75, 3.05) is 19.6 Å². The van der Waals surface area contributed by atoms with Crippen LogP contribution in [0.2, 0.25) is 0 Å². The summed E-state index contributed by atoms with van der Waals surface area (Å²) in [4.78, 5) is 11.6. The SMILES string of the molecule is COCC(CCl)NC(=O)c1ccc(F)c(F)c1F. The molecule has 1 aromatic rings. The van der Waals surface area contributed by atoms with E-state index in [0.29, 0.717) is 6.07 Å². The molecule has 0 fully saturated rings. The van der Waals surface area contributed by atoms with Crippen molar-refractivity contribution in [3.8, 4) is 0 Å². The van der Waals surface area contributed by atoms with Gasteiger partial charge in [0.1, 0.15) is 0 Å². The van der Waals surface area contributed by atoms with E-state index >= 15 is 0 Å². The number of hydrogen-bond donors (Lipinski definition) is 1. The minimum absolute atomic E-state index is 0.0465. The van der Waals surface area contributed by atoms with Crippen molar-refractivity contribution in [2.45, 2.75) is 6.04 Å². The summed E-state index contributed by atoms with van der Waals surface area (Å²) in [5.41, 5.74) is -0.583. The van der Waals surface area contributed by atoms with Crippen LogP contribution in [-0.2, 0) is 4.74 Å². The van der Waals surface area contributed by atoms with E-state index in [-0.39, 0.29) is 12.5 Å². The van der Waals surface area contributed by atoms with Crippen LogP contribution in [0.5, 0.6) is 0 Å². The lowest BCUT2D eigenvalue weighted by Crippen LogP contribution is -2.39. The Bertz CT molecular complexity index is 443. The topological polar surface area (TPSA) is 38.3 Å². The Hall–Kier alpha value is -1.27. The molecule has 1 rings (SSSR count). The molecule has 0 aliphatic heterocycles. The molecule has 0 aliphatic carbocycles. The molecule has 0 saturated carbocycles. The number of alkyl halides is 1. The summed E-state index contributed by atoms with van der Waals surface area (Å²) in [5, 5.41) is 2.35. The Morgan fingerprint density at radius 2 is 2.06 bits per heavy atom. The van der Waals surface area contributed by atoms with Gasteiger partial charge in [-0.1, -0.05) is 0 Å². The van der Waals surface area contributed by atoms with Crippen LogP contribution in [0.3, 0.4) is 0 Å². The van der Waals surface area contributed by atoms with Gasteiger partial charge in [-0.25, -0.2) is 13.2 Å². The molecule has 0 bridgehead atoms. The molecule has 1 amide bonds. The second kappa shape index (κ2) is 6.61. The third kappa shape index (κ3) is 3.36. The largest absolute Gasteiger partial charge is 0.383 e. The minimum atomic E-state index is -1.68. The Kier molecular flexibility index (Phi) is 5.43. The molecule has 0 radical (unpaired) electrons. The second-order valence-electron chi connectivity index (χ2n) is 3.50. The van der Waals surface area contributed by atoms with Crippen molar-refractivity contribution in [2.24, 2.45) is 0 Å². The molecule has 18 heavy (non-hydrogen) atoms. The van der Waals surface area contributed by atoms with Gasteiger partial charge in [0, 0.05) is 13.0 Å². The average Bonchev–Trinajstić information content (AvgIpc) is 2.35. The fourth-order valence-electron chi connectivity index (χ4n) is 1.29. The number of amides is 1. The first-order valence-corrected chi connectivity index (χ1v) is 5.54. The van der Waals surface area contributed by atoms with Gasteiger partial charge >= 0.3 is 0 Å². The number of nitrogens with one attached hydrogen (secondary N) is 1. The predicted molar refractivity (Wildman–Crippen MR) is 60.2 cm³/mol. The van der Waals surface area contributed by atoms with Crippen LogP contribution < -0.4 is 5.32 Å². The molecule has 0 aromatic heterocycles. The van der Waals surface area contributed by atoms with E-state index in [9.17, 15) is 18.0 Å². The van der Waals surface area contributed by atoms with Gasteiger partial charge in [0.25, 0.3) is 5.91 Å². The highest BCUT2D eigenvalue weighted by Gasteiger charge is 2.20. The summed E-state index contributed by atoms with van der Waals surface area (Å²) in [6, 6.07) is 0.997. The Morgan fingerprint density at radius 3 is 2.61 bits per heavy atom. The third-order valence-electron chi connectivity index (χ3n) is 2.17. The highest BCUT2D eigenvalue weighted by Crippen LogP contribution is 2.15. The van der Waals surface area contributed by atoms with Crippen molar-refractivity contribution in [1.29, 1.82) is 0 Å². The first-order valence-electron chi connectivity index (χ1n) is 5.00. The zero-order chi connectivity index (χ0) is 13.7. The highest BCUT2D eigenvalue weighted by atomic mass is 35.5. The number of halogens is 4. The predicted octanol–water partition coefficient (Wildman–Crippen LogP) is 2.09. The van der Waals surface area contributed by atoms with Crippen LogP contribution in [0.25, 0.3) is 0 Å². The molecule has 0 spiro atoms. The molecule has 1 unspecified atom stereocenters. The Morgan fingerprint density at radius 1 is 1.39 bits per heavy atom. The number of carbonyl (C=O) groups is 1. The van der Waals surface area contributed by atoms with Crippen LogP contribution in [0.15, 0.2) is 12.1 Å². The van der Waals surface area contributed by atoms with Crippen molar-refractivity contribution in [3.63, 3.8) is 0 Å². The summed E-state index contributed by atoms with van der Waals surface area (Å²) in [6.07, 6.45) is 0. The van der Waals surface area contributed by atoms with E-state index < -0.39 is 35.0 Å². The van der Waals surface area contributed by atoms with Gasteiger partial charge in [-0.2, -0.15) is 0 Å². The monoisotopic (exact) mass is 281 g/mol. The fraction of sp³-hybridized carbons (Fsp3) is 0.364. The van der Waals surface area contributed by atoms with Crippen LogP contribution in [0.4, 0.5) is 13.2 Å². The first kappa shape index (κ1) is 14.8. The quantitative estimate of drug-likeness (QED) is 0.663. The standard InChI is InChI=1S/C11H11ClF3NO2/c1-18-5-6(4-12)16-11(17)7-2-3-8(13)10(15)9(7)14/h2-3,6H,4-5H2,1H3,(H,16,17). The lowest BCUT2D eigenvalue weighted by Gasteiger charge is -2.15. The van der Waals surface area contributed by atoms with E-state index in [1.807, 2.05) is 0 Å². The van der Waals surface area contributed by atoms with Crippen LogP contribution >= 0.6 is 11.6 Å². The third-order valence-corrected chi connectivity index (χ3v) is 2.54. The number of benzene rings is 1. The van der Waals surface area contributed by atoms with E-state index in [2.05, 4.69) is 5.32 Å². The van der Waals surface area contributed by atoms with Crippen molar-refractivity contribution in [1.82, 2.24) is 5.32 Å². The summed E-state index contributed by atoms with van der Waals surface area (Å²) in [6.45, 7) is 0.126. The molecule has 1 atom stereocenters. The lowest BCUT2D eigenvalue weighted by atomic mass is 10.1. The summed E-state index contributed by atoms with van der Waals surface area (Å²) < 4.78 is 43.7. The number of methoxy groups -OCH3 is 1. The molecular weight excluding hydrogens is 271 g/mol. The normalized spacial score (nSPS) is 12.3. The van der Waals surface area contributed by atoms with Crippen molar-refractivity contribution < 1.29 is 22.7 Å². The molecule has 0 saturated heterocycles. The van der Waals surface area contributed by atoms with E-state index in [0.717, 1.165) is 6.07 Å². The Balaban J connectivity index is 2.87. The molecule has 3 nitrogen and oxygen atoms in total. The second-order valence-corrected chi connectivity index (χ2v) is 3.81. The van der Waals surface area contributed by atoms with Crippen LogP contribution in [-0.4, -0.2) is 31.5 Å². The maximum Gasteiger partial charge on any atom is 0.254 e. The molecule has 1 N–H and O–H groups in total. The van der Waals surface area contributed by atoms with Crippen molar-refractivity contribution in [3.05, 3.63) is 35.1 Å². The van der Waals surface area contributed by atoms with E-state index in [1.54, 1.807) is 0 Å². The van der Waals surface area contributed by atoms with Gasteiger partial charge in [0.2, 0.25) is 0 Å². The summed E-state index contributed by atoms with van der Waals surface area (Å²) in [5.74, 6) is -5.40. The molecule has 0 aliphatic rings. The molecule has 0 heterocycles. The van der Waals surface area contributed by atoms with Gasteiger partial charge in [-0.3, -0.25) is 4.79 Å². The van der Waals surface area contributed by atoms with Gasteiger partial charge in [0.05, 0.1) is 18.2 Å². The van der Waals surface area contributed by atoms with Crippen molar-refractivity contribution >= 4 is 17.5 Å². The first-order chi connectivity index (χ1) is 8.51. The molecule has 7 heteroatoms. The zero-order valence-corrected chi connectivity index (χ0v) is 10.2. The highest BCUT2D eigenvalue weighted by molar-refractivity contribution is 6.18. The molecular formula is C11H11ClF3NO2. The summed E-state index contributed by atoms with van der Waals surface area (Å²) in [7, 11) is 1.41. The van der Waals surface area contributed by atoms with E-state index in [4.69, 9.17) is 16.3 Å². The zero-order valence-electron chi connectivity index (χ0n) is 9.47. The lowest BCUT2D eigenvalue weighted by molar-refractivity contribution is 0.0901. The maximum atomic E-state index is 13.3. The number of hydrogen-bond acceptors (Lipinski definition) is 2. The van der Waals surface area contributed by atoms with Crippen LogP contribution in [0, 0.1) is 17.5 Å². The van der Waals surface area contributed by atoms with Gasteiger partial charge in [-0.05, 0) is 12.1 Å². The average molecular weight is 282 g/mol. The maximum absolute atomic E-state index is 13.3. The molecule has 100 valence electrons. The molecule has 1 aromatic carbocycles. The number of rotatable bonds is 5.